The van der Waals surface area contributed by atoms with Crippen LogP contribution in [0.4, 0.5) is 0 Å². The lowest BCUT2D eigenvalue weighted by molar-refractivity contribution is -0.136. The Balaban J connectivity index is 1.37. The van der Waals surface area contributed by atoms with Crippen molar-refractivity contribution in [1.29, 1.82) is 0 Å². The fourth-order valence-corrected chi connectivity index (χ4v) is 4.83. The third-order valence-electron chi connectivity index (χ3n) is 6.33. The number of ether oxygens (including phenoxy) is 1. The van der Waals surface area contributed by atoms with Crippen LogP contribution < -0.4 is 5.32 Å². The van der Waals surface area contributed by atoms with Crippen molar-refractivity contribution in [2.45, 2.75) is 58.7 Å². The van der Waals surface area contributed by atoms with Crippen LogP contribution in [0.15, 0.2) is 0 Å². The minimum atomic E-state index is 0.138. The number of amides is 1. The highest BCUT2D eigenvalue weighted by atomic mass is 16.5. The Labute approximate surface area is 153 Å². The van der Waals surface area contributed by atoms with E-state index >= 15 is 0 Å². The summed E-state index contributed by atoms with van der Waals surface area (Å²) >= 11 is 0. The fourth-order valence-electron chi connectivity index (χ4n) is 4.83. The van der Waals surface area contributed by atoms with Crippen molar-refractivity contribution < 1.29 is 9.53 Å². The number of likely N-dealkylation sites (tertiary alicyclic amines) is 2. The number of hydrogen-bond donors (Lipinski definition) is 1. The summed E-state index contributed by atoms with van der Waals surface area (Å²) in [5.41, 5.74) is 0. The number of carbonyl (C=O) groups is 1. The Bertz CT molecular complexity index is 427. The van der Waals surface area contributed by atoms with E-state index in [0.717, 1.165) is 44.6 Å². The summed E-state index contributed by atoms with van der Waals surface area (Å²) in [5, 5.41) is 3.47. The highest BCUT2D eigenvalue weighted by molar-refractivity contribution is 5.78. The van der Waals surface area contributed by atoms with E-state index in [-0.39, 0.29) is 5.92 Å². The minimum Gasteiger partial charge on any atom is -0.371 e. The van der Waals surface area contributed by atoms with Crippen LogP contribution in [0.3, 0.4) is 0 Å². The van der Waals surface area contributed by atoms with Crippen molar-refractivity contribution in [2.24, 2.45) is 17.8 Å². The van der Waals surface area contributed by atoms with Gasteiger partial charge < -0.3 is 19.9 Å². The Morgan fingerprint density at radius 1 is 1.04 bits per heavy atom. The highest BCUT2D eigenvalue weighted by Gasteiger charge is 2.32. The molecule has 25 heavy (non-hydrogen) atoms. The average molecular weight is 352 g/mol. The largest absolute Gasteiger partial charge is 0.371 e. The Kier molecular flexibility index (Phi) is 6.75. The van der Waals surface area contributed by atoms with E-state index in [1.54, 1.807) is 0 Å². The normalized spacial score (nSPS) is 30.8. The van der Waals surface area contributed by atoms with Gasteiger partial charge in [-0.15, -0.1) is 0 Å². The van der Waals surface area contributed by atoms with Crippen molar-refractivity contribution in [1.82, 2.24) is 15.1 Å². The molecule has 0 radical (unpaired) electrons. The second kappa shape index (κ2) is 8.83. The lowest BCUT2D eigenvalue weighted by atomic mass is 9.78. The van der Waals surface area contributed by atoms with Crippen molar-refractivity contribution in [3.05, 3.63) is 0 Å². The van der Waals surface area contributed by atoms with Crippen LogP contribution in [0.25, 0.3) is 0 Å². The quantitative estimate of drug-likeness (QED) is 0.841. The smallest absolute Gasteiger partial charge is 0.225 e. The van der Waals surface area contributed by atoms with Crippen LogP contribution in [-0.2, 0) is 9.53 Å². The van der Waals surface area contributed by atoms with Crippen molar-refractivity contribution in [3.63, 3.8) is 0 Å². The molecule has 0 aromatic heterocycles. The second-order valence-corrected chi connectivity index (χ2v) is 8.68. The summed E-state index contributed by atoms with van der Waals surface area (Å²) in [5.74, 6) is 2.16. The molecule has 0 aromatic carbocycles. The van der Waals surface area contributed by atoms with Crippen LogP contribution >= 0.6 is 0 Å². The topological polar surface area (TPSA) is 44.8 Å². The SMILES string of the molecule is CC(C)C(=O)N1CCC(C2CCN(C[C@@H]3CNC[C@@H](C)O3)CC2)CC1. The molecule has 1 amide bonds. The highest BCUT2D eigenvalue weighted by Crippen LogP contribution is 2.33. The molecule has 3 aliphatic rings. The molecular formula is C20H37N3O2. The third kappa shape index (κ3) is 5.18. The third-order valence-corrected chi connectivity index (χ3v) is 6.33. The first-order valence-electron chi connectivity index (χ1n) is 10.4. The molecule has 0 aromatic rings. The number of hydrogen-bond acceptors (Lipinski definition) is 4. The zero-order valence-electron chi connectivity index (χ0n) is 16.4. The van der Waals surface area contributed by atoms with Gasteiger partial charge in [0.25, 0.3) is 0 Å². The molecule has 1 N–H and O–H groups in total. The van der Waals surface area contributed by atoms with E-state index < -0.39 is 0 Å². The number of carbonyl (C=O) groups excluding carboxylic acids is 1. The van der Waals surface area contributed by atoms with Crippen LogP contribution in [0.2, 0.25) is 0 Å². The van der Waals surface area contributed by atoms with Gasteiger partial charge in [0, 0.05) is 38.6 Å². The molecule has 3 rings (SSSR count). The molecule has 2 atom stereocenters. The first-order valence-corrected chi connectivity index (χ1v) is 10.4. The van der Waals surface area contributed by atoms with Crippen molar-refractivity contribution in [2.75, 3.05) is 45.8 Å². The lowest BCUT2D eigenvalue weighted by Crippen LogP contribution is -2.50. The predicted octanol–water partition coefficient (Wildman–Crippen LogP) is 1.97. The maximum Gasteiger partial charge on any atom is 0.225 e. The Hall–Kier alpha value is -0.650. The average Bonchev–Trinajstić information content (AvgIpc) is 2.62. The number of morpholine rings is 1. The molecule has 0 aliphatic carbocycles. The van der Waals surface area contributed by atoms with Gasteiger partial charge in [-0.25, -0.2) is 0 Å². The molecule has 3 heterocycles. The van der Waals surface area contributed by atoms with Gasteiger partial charge in [-0.05, 0) is 57.5 Å². The van der Waals surface area contributed by atoms with Gasteiger partial charge in [-0.1, -0.05) is 13.8 Å². The van der Waals surface area contributed by atoms with E-state index in [1.165, 1.54) is 38.8 Å². The maximum atomic E-state index is 12.1. The summed E-state index contributed by atoms with van der Waals surface area (Å²) in [6.45, 7) is 13.6. The van der Waals surface area contributed by atoms with Gasteiger partial charge in [0.1, 0.15) is 0 Å². The van der Waals surface area contributed by atoms with Crippen molar-refractivity contribution in [3.8, 4) is 0 Å². The molecule has 0 bridgehead atoms. The van der Waals surface area contributed by atoms with Crippen LogP contribution in [-0.4, -0.2) is 73.7 Å². The van der Waals surface area contributed by atoms with Crippen LogP contribution in [0.5, 0.6) is 0 Å². The summed E-state index contributed by atoms with van der Waals surface area (Å²) < 4.78 is 6.04. The molecule has 3 fully saturated rings. The summed E-state index contributed by atoms with van der Waals surface area (Å²) in [7, 11) is 0. The van der Waals surface area contributed by atoms with Gasteiger partial charge in [-0.2, -0.15) is 0 Å². The summed E-state index contributed by atoms with van der Waals surface area (Å²) in [6, 6.07) is 0. The van der Waals surface area contributed by atoms with E-state index in [4.69, 9.17) is 4.74 Å². The van der Waals surface area contributed by atoms with Gasteiger partial charge in [0.15, 0.2) is 0 Å². The molecule has 144 valence electrons. The minimum absolute atomic E-state index is 0.138. The lowest BCUT2D eigenvalue weighted by Gasteiger charge is -2.41. The van der Waals surface area contributed by atoms with Crippen LogP contribution in [0.1, 0.15) is 46.5 Å². The van der Waals surface area contributed by atoms with E-state index in [2.05, 4.69) is 22.0 Å². The fraction of sp³-hybridized carbons (Fsp3) is 0.950. The maximum absolute atomic E-state index is 12.1. The first-order chi connectivity index (χ1) is 12.0. The predicted molar refractivity (Wildman–Crippen MR) is 101 cm³/mol. The van der Waals surface area contributed by atoms with Gasteiger partial charge >= 0.3 is 0 Å². The molecule has 5 heteroatoms. The molecule has 3 aliphatic heterocycles. The zero-order valence-corrected chi connectivity index (χ0v) is 16.4. The summed E-state index contributed by atoms with van der Waals surface area (Å²) in [4.78, 5) is 16.8. The van der Waals surface area contributed by atoms with Gasteiger partial charge in [-0.3, -0.25) is 4.79 Å². The number of rotatable bonds is 4. The van der Waals surface area contributed by atoms with Crippen LogP contribution in [0, 0.1) is 17.8 Å². The summed E-state index contributed by atoms with van der Waals surface area (Å²) in [6.07, 6.45) is 5.74. The number of nitrogens with zero attached hydrogens (tertiary/aromatic N) is 2. The molecule has 3 saturated heterocycles. The molecule has 0 unspecified atom stereocenters. The van der Waals surface area contributed by atoms with E-state index in [1.807, 2.05) is 13.8 Å². The number of nitrogens with one attached hydrogen (secondary N) is 1. The van der Waals surface area contributed by atoms with Gasteiger partial charge in [0.05, 0.1) is 12.2 Å². The van der Waals surface area contributed by atoms with E-state index in [9.17, 15) is 4.79 Å². The Morgan fingerprint density at radius 3 is 2.20 bits per heavy atom. The molecule has 0 spiro atoms. The van der Waals surface area contributed by atoms with Gasteiger partial charge in [0.2, 0.25) is 5.91 Å². The van der Waals surface area contributed by atoms with Crippen molar-refractivity contribution >= 4 is 5.91 Å². The second-order valence-electron chi connectivity index (χ2n) is 8.68. The standard InChI is InChI=1S/C20H37N3O2/c1-15(2)20(24)23-10-6-18(7-11-23)17-4-8-22(9-5-17)14-19-13-21-12-16(3)25-19/h15-19,21H,4-14H2,1-3H3/t16-,19+/m1/s1. The molecule has 0 saturated carbocycles. The van der Waals surface area contributed by atoms with E-state index in [0.29, 0.717) is 18.1 Å². The molecule has 5 nitrogen and oxygen atoms in total. The zero-order chi connectivity index (χ0) is 17.8. The number of piperidine rings is 2. The Morgan fingerprint density at radius 2 is 1.64 bits per heavy atom. The monoisotopic (exact) mass is 351 g/mol. The molecular weight excluding hydrogens is 314 g/mol. The first kappa shape index (κ1) is 19.1.